The third kappa shape index (κ3) is 2.40. The lowest BCUT2D eigenvalue weighted by molar-refractivity contribution is 0.211. The van der Waals surface area contributed by atoms with E-state index in [9.17, 15) is 4.79 Å². The van der Waals surface area contributed by atoms with E-state index in [1.54, 1.807) is 0 Å². The number of amides is 2. The maximum absolute atomic E-state index is 10.4. The van der Waals surface area contributed by atoms with E-state index < -0.39 is 10.5 Å². The molecule has 0 saturated carbocycles. The van der Waals surface area contributed by atoms with Gasteiger partial charge in [0.2, 0.25) is 4.46 Å². The Labute approximate surface area is 74.0 Å². The van der Waals surface area contributed by atoms with Gasteiger partial charge < -0.3 is 5.73 Å². The van der Waals surface area contributed by atoms with Gasteiger partial charge in [0.15, 0.2) is 0 Å². The zero-order valence-electron chi connectivity index (χ0n) is 5.27. The summed E-state index contributed by atoms with van der Waals surface area (Å²) in [5.74, 6) is -0.0877. The minimum absolute atomic E-state index is 0.0877. The summed E-state index contributed by atoms with van der Waals surface area (Å²) >= 11 is 16.4. The Bertz CT molecular complexity index is 138. The van der Waals surface area contributed by atoms with Gasteiger partial charge in [0.05, 0.1) is 5.88 Å². The molecule has 0 aromatic heterocycles. The first-order chi connectivity index (χ1) is 4.41. The monoisotopic (exact) mass is 204 g/mol. The summed E-state index contributed by atoms with van der Waals surface area (Å²) in [6.07, 6.45) is 0. The van der Waals surface area contributed by atoms with Crippen LogP contribution in [0.5, 0.6) is 0 Å². The van der Waals surface area contributed by atoms with Crippen molar-refractivity contribution >= 4 is 40.8 Å². The second-order valence-electron chi connectivity index (χ2n) is 1.70. The maximum Gasteiger partial charge on any atom is 0.316 e. The van der Waals surface area contributed by atoms with Crippen LogP contribution in [-0.4, -0.2) is 28.3 Å². The molecule has 0 unspecified atom stereocenters. The van der Waals surface area contributed by atoms with Crippen LogP contribution in [0.1, 0.15) is 0 Å². The zero-order valence-corrected chi connectivity index (χ0v) is 7.54. The highest BCUT2D eigenvalue weighted by molar-refractivity contribution is 6.51. The number of urea groups is 1. The normalized spacial score (nSPS) is 11.2. The largest absolute Gasteiger partial charge is 0.351 e. The topological polar surface area (TPSA) is 46.3 Å². The summed E-state index contributed by atoms with van der Waals surface area (Å²) < 4.78 is -1.41. The molecule has 0 aromatic carbocycles. The van der Waals surface area contributed by atoms with Crippen LogP contribution in [0.2, 0.25) is 0 Å². The van der Waals surface area contributed by atoms with Gasteiger partial charge >= 0.3 is 6.03 Å². The number of primary amides is 1. The first-order valence-corrected chi connectivity index (χ1v) is 3.68. The molecule has 2 N–H and O–H groups in total. The maximum atomic E-state index is 10.4. The summed E-state index contributed by atoms with van der Waals surface area (Å²) in [5.41, 5.74) is 4.86. The third-order valence-electron chi connectivity index (χ3n) is 0.982. The van der Waals surface area contributed by atoms with Gasteiger partial charge in [-0.1, -0.05) is 23.2 Å². The Morgan fingerprint density at radius 2 is 2.10 bits per heavy atom. The van der Waals surface area contributed by atoms with Gasteiger partial charge in [-0.2, -0.15) is 0 Å². The molecule has 10 heavy (non-hydrogen) atoms. The van der Waals surface area contributed by atoms with Crippen molar-refractivity contribution in [2.45, 2.75) is 4.46 Å². The molecule has 0 bridgehead atoms. The second-order valence-corrected chi connectivity index (χ2v) is 3.41. The second kappa shape index (κ2) is 3.51. The average molecular weight is 205 g/mol. The Kier molecular flexibility index (Phi) is 3.56. The van der Waals surface area contributed by atoms with Crippen LogP contribution in [0.15, 0.2) is 0 Å². The van der Waals surface area contributed by atoms with Crippen LogP contribution in [0.25, 0.3) is 0 Å². The lowest BCUT2D eigenvalue weighted by Crippen LogP contribution is -2.45. The molecule has 0 saturated heterocycles. The smallest absolute Gasteiger partial charge is 0.316 e. The molecule has 3 nitrogen and oxygen atoms in total. The first-order valence-electron chi connectivity index (χ1n) is 2.39. The van der Waals surface area contributed by atoms with Gasteiger partial charge in [0, 0.05) is 7.05 Å². The molecule has 2 amide bonds. The summed E-state index contributed by atoms with van der Waals surface area (Å²) in [7, 11) is 1.37. The summed E-state index contributed by atoms with van der Waals surface area (Å²) in [5, 5.41) is 0. The average Bonchev–Trinajstić information content (AvgIpc) is 1.86. The minimum atomic E-state index is -1.41. The summed E-state index contributed by atoms with van der Waals surface area (Å²) in [6.45, 7) is 0. The number of halogens is 3. The number of carbonyl (C=O) groups is 1. The molecule has 0 aromatic rings. The van der Waals surface area contributed by atoms with Crippen molar-refractivity contribution in [3.63, 3.8) is 0 Å². The van der Waals surface area contributed by atoms with E-state index in [4.69, 9.17) is 40.5 Å². The van der Waals surface area contributed by atoms with E-state index in [1.165, 1.54) is 7.05 Å². The molecule has 0 aliphatic heterocycles. The summed E-state index contributed by atoms with van der Waals surface area (Å²) in [4.78, 5) is 11.4. The quantitative estimate of drug-likeness (QED) is 0.537. The number of carbonyl (C=O) groups excluding carboxylic acids is 1. The van der Waals surface area contributed by atoms with E-state index >= 15 is 0 Å². The Balaban J connectivity index is 4.17. The Hall–Kier alpha value is 0.140. The highest BCUT2D eigenvalue weighted by Gasteiger charge is 2.30. The van der Waals surface area contributed by atoms with Crippen LogP contribution in [0.4, 0.5) is 4.79 Å². The lowest BCUT2D eigenvalue weighted by atomic mass is 10.6. The fourth-order valence-electron chi connectivity index (χ4n) is 0.251. The van der Waals surface area contributed by atoms with E-state index in [-0.39, 0.29) is 5.88 Å². The molecule has 6 heteroatoms. The number of alkyl halides is 3. The predicted molar refractivity (Wildman–Crippen MR) is 42.5 cm³/mol. The SMILES string of the molecule is CN(C(N)=O)C(Cl)(Cl)CCl. The molecule has 0 fully saturated rings. The standard InChI is InChI=1S/C4H7Cl3N2O/c1-9(3(8)10)4(6,7)2-5/h2H2,1H3,(H2,8,10). The third-order valence-corrected chi connectivity index (χ3v) is 2.42. The van der Waals surface area contributed by atoms with Gasteiger partial charge in [-0.15, -0.1) is 11.6 Å². The van der Waals surface area contributed by atoms with Gasteiger partial charge in [0.25, 0.3) is 0 Å². The van der Waals surface area contributed by atoms with Crippen LogP contribution in [-0.2, 0) is 0 Å². The predicted octanol–water partition coefficient (Wildman–Crippen LogP) is 1.37. The van der Waals surface area contributed by atoms with Crippen molar-refractivity contribution in [1.29, 1.82) is 0 Å². The molecule has 0 spiro atoms. The van der Waals surface area contributed by atoms with E-state index in [1.807, 2.05) is 0 Å². The van der Waals surface area contributed by atoms with Crippen molar-refractivity contribution in [2.24, 2.45) is 5.73 Å². The molecule has 0 aliphatic rings. The van der Waals surface area contributed by atoms with Gasteiger partial charge in [-0.05, 0) is 0 Å². The van der Waals surface area contributed by atoms with E-state index in [0.717, 1.165) is 4.90 Å². The molecule has 0 atom stereocenters. The minimum Gasteiger partial charge on any atom is -0.351 e. The number of nitrogens with two attached hydrogens (primary N) is 1. The van der Waals surface area contributed by atoms with E-state index in [2.05, 4.69) is 0 Å². The van der Waals surface area contributed by atoms with Gasteiger partial charge in [-0.3, -0.25) is 4.90 Å². The van der Waals surface area contributed by atoms with Crippen LogP contribution in [0, 0.1) is 0 Å². The van der Waals surface area contributed by atoms with Gasteiger partial charge in [-0.25, -0.2) is 4.79 Å². The van der Waals surface area contributed by atoms with Crippen molar-refractivity contribution in [3.8, 4) is 0 Å². The van der Waals surface area contributed by atoms with Gasteiger partial charge in [0.1, 0.15) is 0 Å². The fourth-order valence-corrected chi connectivity index (χ4v) is 0.597. The number of rotatable bonds is 2. The Morgan fingerprint density at radius 1 is 1.70 bits per heavy atom. The summed E-state index contributed by atoms with van der Waals surface area (Å²) in [6, 6.07) is -0.717. The molecule has 0 aliphatic carbocycles. The lowest BCUT2D eigenvalue weighted by Gasteiger charge is -2.26. The molecular formula is C4H7Cl3N2O. The fraction of sp³-hybridized carbons (Fsp3) is 0.750. The van der Waals surface area contributed by atoms with Crippen LogP contribution < -0.4 is 5.73 Å². The van der Waals surface area contributed by atoms with E-state index in [0.29, 0.717) is 0 Å². The zero-order chi connectivity index (χ0) is 8.36. The highest BCUT2D eigenvalue weighted by atomic mass is 35.5. The van der Waals surface area contributed by atoms with Crippen molar-refractivity contribution in [3.05, 3.63) is 0 Å². The molecule has 0 radical (unpaired) electrons. The first kappa shape index (κ1) is 10.1. The van der Waals surface area contributed by atoms with Crippen LogP contribution in [0.3, 0.4) is 0 Å². The number of hydrogen-bond acceptors (Lipinski definition) is 1. The van der Waals surface area contributed by atoms with Crippen molar-refractivity contribution in [2.75, 3.05) is 12.9 Å². The van der Waals surface area contributed by atoms with Crippen molar-refractivity contribution in [1.82, 2.24) is 4.90 Å². The molecule has 60 valence electrons. The Morgan fingerprint density at radius 3 is 2.20 bits per heavy atom. The van der Waals surface area contributed by atoms with Crippen LogP contribution >= 0.6 is 34.8 Å². The molecular weight excluding hydrogens is 198 g/mol. The molecule has 0 rings (SSSR count). The van der Waals surface area contributed by atoms with Crippen molar-refractivity contribution < 1.29 is 4.79 Å². The number of nitrogens with zero attached hydrogens (tertiary/aromatic N) is 1. The highest BCUT2D eigenvalue weighted by Crippen LogP contribution is 2.25. The number of hydrogen-bond donors (Lipinski definition) is 1. The molecule has 0 heterocycles.